The molecule has 32 heavy (non-hydrogen) atoms. The molecular formula is C25H31N3O2S2. The van der Waals surface area contributed by atoms with Gasteiger partial charge in [0.1, 0.15) is 0 Å². The highest BCUT2D eigenvalue weighted by Crippen LogP contribution is 2.32. The standard InChI is InChI=1S/C25H31N3O2S2/c1-18-5-7-21(8-6-18)31-17-23(29)28(10-4-9-27-11-13-30-14-12-27)25-26-24-20(3)15-19(2)16-22(24)32-25/h5-8,15-16H,4,9-14,17H2,1-3H3. The van der Waals surface area contributed by atoms with Gasteiger partial charge in [-0.2, -0.15) is 0 Å². The van der Waals surface area contributed by atoms with Gasteiger partial charge in [0, 0.05) is 31.1 Å². The van der Waals surface area contributed by atoms with E-state index < -0.39 is 0 Å². The maximum absolute atomic E-state index is 13.3. The molecule has 0 radical (unpaired) electrons. The molecule has 1 aromatic heterocycles. The number of hydrogen-bond donors (Lipinski definition) is 0. The van der Waals surface area contributed by atoms with E-state index in [2.05, 4.69) is 62.1 Å². The summed E-state index contributed by atoms with van der Waals surface area (Å²) in [5, 5.41) is 0.810. The average molecular weight is 470 g/mol. The van der Waals surface area contributed by atoms with Crippen molar-refractivity contribution in [2.75, 3.05) is 50.0 Å². The van der Waals surface area contributed by atoms with Crippen LogP contribution in [-0.4, -0.2) is 60.9 Å². The van der Waals surface area contributed by atoms with Crippen molar-refractivity contribution in [1.29, 1.82) is 0 Å². The molecule has 0 aliphatic carbocycles. The Morgan fingerprint density at radius 1 is 1.12 bits per heavy atom. The zero-order valence-electron chi connectivity index (χ0n) is 19.1. The van der Waals surface area contributed by atoms with Crippen LogP contribution in [0.2, 0.25) is 0 Å². The molecule has 1 aliphatic heterocycles. The summed E-state index contributed by atoms with van der Waals surface area (Å²) >= 11 is 3.22. The van der Waals surface area contributed by atoms with Crippen LogP contribution < -0.4 is 4.90 Å². The average Bonchev–Trinajstić information content (AvgIpc) is 3.21. The number of carbonyl (C=O) groups excluding carboxylic acids is 1. The minimum absolute atomic E-state index is 0.117. The quantitative estimate of drug-likeness (QED) is 0.431. The van der Waals surface area contributed by atoms with E-state index >= 15 is 0 Å². The number of rotatable bonds is 8. The topological polar surface area (TPSA) is 45.7 Å². The van der Waals surface area contributed by atoms with Crippen LogP contribution in [0.1, 0.15) is 23.1 Å². The first kappa shape index (κ1) is 23.2. The van der Waals surface area contributed by atoms with Gasteiger partial charge >= 0.3 is 0 Å². The Balaban J connectivity index is 1.49. The van der Waals surface area contributed by atoms with E-state index in [4.69, 9.17) is 9.72 Å². The molecule has 5 nitrogen and oxygen atoms in total. The van der Waals surface area contributed by atoms with Crippen LogP contribution in [0, 0.1) is 20.8 Å². The van der Waals surface area contributed by atoms with Gasteiger partial charge in [0.05, 0.1) is 29.2 Å². The van der Waals surface area contributed by atoms with E-state index in [-0.39, 0.29) is 5.91 Å². The highest BCUT2D eigenvalue weighted by molar-refractivity contribution is 8.00. The summed E-state index contributed by atoms with van der Waals surface area (Å²) in [6.45, 7) is 11.5. The molecule has 0 N–H and O–H groups in total. The van der Waals surface area contributed by atoms with E-state index in [1.165, 1.54) is 11.1 Å². The van der Waals surface area contributed by atoms with Crippen LogP contribution in [0.5, 0.6) is 0 Å². The Labute approximate surface area is 198 Å². The summed E-state index contributed by atoms with van der Waals surface area (Å²) in [6, 6.07) is 12.7. The molecule has 1 aliphatic rings. The molecule has 170 valence electrons. The lowest BCUT2D eigenvalue weighted by Gasteiger charge is -2.27. The van der Waals surface area contributed by atoms with Crippen LogP contribution in [-0.2, 0) is 9.53 Å². The number of hydrogen-bond acceptors (Lipinski definition) is 6. The number of aromatic nitrogens is 1. The van der Waals surface area contributed by atoms with Gasteiger partial charge in [0.25, 0.3) is 0 Å². The highest BCUT2D eigenvalue weighted by Gasteiger charge is 2.21. The molecule has 7 heteroatoms. The molecule has 1 saturated heterocycles. The van der Waals surface area contributed by atoms with E-state index in [1.54, 1.807) is 23.1 Å². The van der Waals surface area contributed by atoms with Crippen molar-refractivity contribution in [3.05, 3.63) is 53.1 Å². The van der Waals surface area contributed by atoms with E-state index in [1.807, 2.05) is 4.90 Å². The molecule has 1 fully saturated rings. The first-order valence-corrected chi connectivity index (χ1v) is 13.0. The molecule has 2 heterocycles. The second kappa shape index (κ2) is 10.8. The van der Waals surface area contributed by atoms with Crippen LogP contribution in [0.15, 0.2) is 41.3 Å². The number of amides is 1. The van der Waals surface area contributed by atoms with Crippen molar-refractivity contribution in [1.82, 2.24) is 9.88 Å². The van der Waals surface area contributed by atoms with Gasteiger partial charge in [-0.1, -0.05) is 35.1 Å². The zero-order valence-corrected chi connectivity index (χ0v) is 20.7. The molecule has 1 amide bonds. The first-order valence-electron chi connectivity index (χ1n) is 11.2. The third-order valence-electron chi connectivity index (χ3n) is 5.69. The molecule has 3 aromatic rings. The minimum atomic E-state index is 0.117. The van der Waals surface area contributed by atoms with Crippen molar-refractivity contribution in [3.63, 3.8) is 0 Å². The lowest BCUT2D eigenvalue weighted by molar-refractivity contribution is -0.116. The number of ether oxygens (including phenoxy) is 1. The number of thioether (sulfide) groups is 1. The zero-order chi connectivity index (χ0) is 22.5. The molecule has 0 spiro atoms. The Morgan fingerprint density at radius 2 is 1.88 bits per heavy atom. The Kier molecular flexibility index (Phi) is 7.84. The summed E-state index contributed by atoms with van der Waals surface area (Å²) in [4.78, 5) is 23.7. The van der Waals surface area contributed by atoms with Gasteiger partial charge in [0.2, 0.25) is 5.91 Å². The second-order valence-corrected chi connectivity index (χ2v) is 10.4. The van der Waals surface area contributed by atoms with Crippen molar-refractivity contribution in [2.24, 2.45) is 0 Å². The number of aryl methyl sites for hydroxylation is 3. The largest absolute Gasteiger partial charge is 0.379 e. The fourth-order valence-corrected chi connectivity index (χ4v) is 5.90. The molecule has 4 rings (SSSR count). The van der Waals surface area contributed by atoms with Gasteiger partial charge < -0.3 is 4.74 Å². The summed E-state index contributed by atoms with van der Waals surface area (Å²) in [6.07, 6.45) is 0.925. The monoisotopic (exact) mass is 469 g/mol. The van der Waals surface area contributed by atoms with Gasteiger partial charge in [-0.3, -0.25) is 14.6 Å². The predicted molar refractivity (Wildman–Crippen MR) is 135 cm³/mol. The predicted octanol–water partition coefficient (Wildman–Crippen LogP) is 5.07. The number of benzene rings is 2. The van der Waals surface area contributed by atoms with Crippen LogP contribution in [0.3, 0.4) is 0 Å². The van der Waals surface area contributed by atoms with E-state index in [9.17, 15) is 4.79 Å². The van der Waals surface area contributed by atoms with Crippen molar-refractivity contribution in [3.8, 4) is 0 Å². The smallest absolute Gasteiger partial charge is 0.239 e. The maximum Gasteiger partial charge on any atom is 0.239 e. The minimum Gasteiger partial charge on any atom is -0.379 e. The lowest BCUT2D eigenvalue weighted by atomic mass is 10.1. The van der Waals surface area contributed by atoms with Crippen LogP contribution in [0.25, 0.3) is 10.2 Å². The number of carbonyl (C=O) groups is 1. The number of thiazole rings is 1. The third-order valence-corrected chi connectivity index (χ3v) is 7.72. The summed E-state index contributed by atoms with van der Waals surface area (Å²) < 4.78 is 6.60. The molecule has 0 atom stereocenters. The fourth-order valence-electron chi connectivity index (χ4n) is 3.94. The molecule has 0 bridgehead atoms. The number of fused-ring (bicyclic) bond motifs is 1. The first-order chi connectivity index (χ1) is 15.5. The van der Waals surface area contributed by atoms with Crippen LogP contribution in [0.4, 0.5) is 5.13 Å². The number of anilines is 1. The van der Waals surface area contributed by atoms with Crippen molar-refractivity contribution < 1.29 is 9.53 Å². The maximum atomic E-state index is 13.3. The van der Waals surface area contributed by atoms with Crippen LogP contribution >= 0.6 is 23.1 Å². The van der Waals surface area contributed by atoms with Gasteiger partial charge in [0.15, 0.2) is 5.13 Å². The molecular weight excluding hydrogens is 438 g/mol. The molecule has 0 unspecified atom stereocenters. The normalized spacial score (nSPS) is 14.7. The van der Waals surface area contributed by atoms with Gasteiger partial charge in [-0.25, -0.2) is 4.98 Å². The Hall–Kier alpha value is -1.93. The SMILES string of the molecule is Cc1ccc(SCC(=O)N(CCCN2CCOCC2)c2nc3c(C)cc(C)cc3s2)cc1. The fraction of sp³-hybridized carbons (Fsp3) is 0.440. The van der Waals surface area contributed by atoms with Crippen molar-refractivity contribution >= 4 is 44.4 Å². The molecule has 2 aromatic carbocycles. The third kappa shape index (κ3) is 5.90. The summed E-state index contributed by atoms with van der Waals surface area (Å²) in [5.74, 6) is 0.528. The Bertz CT molecular complexity index is 1060. The van der Waals surface area contributed by atoms with E-state index in [0.717, 1.165) is 65.1 Å². The number of nitrogens with zero attached hydrogens (tertiary/aromatic N) is 3. The number of morpholine rings is 1. The Morgan fingerprint density at radius 3 is 2.62 bits per heavy atom. The van der Waals surface area contributed by atoms with E-state index in [0.29, 0.717) is 12.3 Å². The van der Waals surface area contributed by atoms with Crippen molar-refractivity contribution in [2.45, 2.75) is 32.1 Å². The lowest BCUT2D eigenvalue weighted by Crippen LogP contribution is -2.39. The summed E-state index contributed by atoms with van der Waals surface area (Å²) in [5.41, 5.74) is 4.63. The molecule has 0 saturated carbocycles. The highest BCUT2D eigenvalue weighted by atomic mass is 32.2. The summed E-state index contributed by atoms with van der Waals surface area (Å²) in [7, 11) is 0. The van der Waals surface area contributed by atoms with Gasteiger partial charge in [-0.05, 0) is 56.5 Å². The second-order valence-electron chi connectivity index (χ2n) is 8.38. The van der Waals surface area contributed by atoms with Gasteiger partial charge in [-0.15, -0.1) is 11.8 Å².